The zero-order valence-corrected chi connectivity index (χ0v) is 12.9. The Morgan fingerprint density at radius 1 is 1.17 bits per heavy atom. The summed E-state index contributed by atoms with van der Waals surface area (Å²) in [4.78, 5) is 10.3. The Labute approximate surface area is 135 Å². The Morgan fingerprint density at radius 3 is 2.70 bits per heavy atom. The van der Waals surface area contributed by atoms with Gasteiger partial charge in [0.2, 0.25) is 5.95 Å². The number of anilines is 3. The molecule has 0 spiro atoms. The van der Waals surface area contributed by atoms with E-state index in [4.69, 9.17) is 15.2 Å². The van der Waals surface area contributed by atoms with Crippen LogP contribution in [0.15, 0.2) is 36.5 Å². The molecule has 0 radical (unpaired) electrons. The molecule has 3 rings (SSSR count). The van der Waals surface area contributed by atoms with Gasteiger partial charge in [0.05, 0.1) is 13.2 Å². The summed E-state index contributed by atoms with van der Waals surface area (Å²) in [6, 6.07) is 9.53. The first-order valence-corrected chi connectivity index (χ1v) is 7.68. The van der Waals surface area contributed by atoms with Crippen LogP contribution in [0.2, 0.25) is 0 Å². The van der Waals surface area contributed by atoms with Crippen LogP contribution in [0.4, 0.5) is 17.5 Å². The van der Waals surface area contributed by atoms with E-state index in [0.717, 1.165) is 44.3 Å². The molecular formula is C16H21N5O2. The van der Waals surface area contributed by atoms with E-state index >= 15 is 0 Å². The summed E-state index contributed by atoms with van der Waals surface area (Å²) >= 11 is 0. The van der Waals surface area contributed by atoms with Crippen molar-refractivity contribution < 1.29 is 9.47 Å². The molecule has 2 heterocycles. The summed E-state index contributed by atoms with van der Waals surface area (Å²) in [5.41, 5.74) is 6.48. The van der Waals surface area contributed by atoms with Crippen molar-refractivity contribution in [2.45, 2.75) is 0 Å². The smallest absolute Gasteiger partial charge is 0.221 e. The molecule has 1 saturated heterocycles. The van der Waals surface area contributed by atoms with Gasteiger partial charge in [0.25, 0.3) is 0 Å². The molecule has 1 aromatic carbocycles. The van der Waals surface area contributed by atoms with Crippen molar-refractivity contribution >= 4 is 17.5 Å². The first-order chi connectivity index (χ1) is 11.3. The first-order valence-electron chi connectivity index (χ1n) is 7.68. The first kappa shape index (κ1) is 15.5. The van der Waals surface area contributed by atoms with Gasteiger partial charge in [-0.15, -0.1) is 0 Å². The quantitative estimate of drug-likeness (QED) is 0.835. The lowest BCUT2D eigenvalue weighted by atomic mass is 10.3. The van der Waals surface area contributed by atoms with Gasteiger partial charge in [-0.2, -0.15) is 4.98 Å². The van der Waals surface area contributed by atoms with Crippen molar-refractivity contribution in [1.29, 1.82) is 0 Å². The van der Waals surface area contributed by atoms with Crippen molar-refractivity contribution in [1.82, 2.24) is 14.9 Å². The molecule has 0 bridgehead atoms. The fourth-order valence-electron chi connectivity index (χ4n) is 2.34. The summed E-state index contributed by atoms with van der Waals surface area (Å²) in [7, 11) is 0. The van der Waals surface area contributed by atoms with Gasteiger partial charge >= 0.3 is 0 Å². The number of nitrogens with zero attached hydrogens (tertiary/aromatic N) is 3. The van der Waals surface area contributed by atoms with Gasteiger partial charge in [-0.05, 0) is 30.3 Å². The second kappa shape index (κ2) is 7.75. The van der Waals surface area contributed by atoms with E-state index in [0.29, 0.717) is 12.4 Å². The highest BCUT2D eigenvalue weighted by atomic mass is 16.5. The third-order valence-electron chi connectivity index (χ3n) is 3.58. The normalized spacial score (nSPS) is 15.3. The second-order valence-corrected chi connectivity index (χ2v) is 5.25. The zero-order chi connectivity index (χ0) is 15.9. The minimum atomic E-state index is 0.248. The summed E-state index contributed by atoms with van der Waals surface area (Å²) in [6.07, 6.45) is 1.62. The average Bonchev–Trinajstić information content (AvgIpc) is 2.58. The molecule has 122 valence electrons. The van der Waals surface area contributed by atoms with E-state index in [-0.39, 0.29) is 5.95 Å². The molecule has 1 aromatic heterocycles. The van der Waals surface area contributed by atoms with Gasteiger partial charge in [-0.1, -0.05) is 0 Å². The van der Waals surface area contributed by atoms with Gasteiger partial charge in [0, 0.05) is 31.5 Å². The number of ether oxygens (including phenoxy) is 2. The van der Waals surface area contributed by atoms with Gasteiger partial charge in [0.1, 0.15) is 18.2 Å². The monoisotopic (exact) mass is 315 g/mol. The highest BCUT2D eigenvalue weighted by molar-refractivity contribution is 5.57. The molecule has 0 amide bonds. The van der Waals surface area contributed by atoms with E-state index in [2.05, 4.69) is 20.2 Å². The second-order valence-electron chi connectivity index (χ2n) is 5.25. The molecule has 7 nitrogen and oxygen atoms in total. The summed E-state index contributed by atoms with van der Waals surface area (Å²) < 4.78 is 11.1. The molecule has 1 aliphatic heterocycles. The number of benzene rings is 1. The van der Waals surface area contributed by atoms with Crippen LogP contribution in [0, 0.1) is 0 Å². The predicted octanol–water partition coefficient (Wildman–Crippen LogP) is 1.51. The molecule has 3 N–H and O–H groups in total. The number of nitrogen functional groups attached to an aromatic ring is 1. The Kier molecular flexibility index (Phi) is 5.23. The van der Waals surface area contributed by atoms with Crippen molar-refractivity contribution in [2.24, 2.45) is 0 Å². The van der Waals surface area contributed by atoms with Crippen LogP contribution in [-0.2, 0) is 4.74 Å². The van der Waals surface area contributed by atoms with Crippen LogP contribution in [0.3, 0.4) is 0 Å². The minimum Gasteiger partial charge on any atom is -0.492 e. The largest absolute Gasteiger partial charge is 0.492 e. The molecular weight excluding hydrogens is 294 g/mol. The maximum atomic E-state index is 5.78. The minimum absolute atomic E-state index is 0.248. The van der Waals surface area contributed by atoms with Gasteiger partial charge in [0.15, 0.2) is 0 Å². The summed E-state index contributed by atoms with van der Waals surface area (Å²) in [6.45, 7) is 5.18. The van der Waals surface area contributed by atoms with Gasteiger partial charge in [-0.3, -0.25) is 4.90 Å². The number of hydrogen-bond donors (Lipinski definition) is 2. The standard InChI is InChI=1S/C16H21N5O2/c17-16-18-6-5-15(20-16)19-13-1-3-14(4-2-13)23-12-9-21-7-10-22-11-8-21/h1-6H,7-12H2,(H3,17,18,19,20). The molecule has 23 heavy (non-hydrogen) atoms. The Bertz CT molecular complexity index is 614. The maximum Gasteiger partial charge on any atom is 0.221 e. The van der Waals surface area contributed by atoms with Crippen molar-refractivity contribution in [2.75, 3.05) is 50.5 Å². The molecule has 2 aromatic rings. The number of morpholine rings is 1. The van der Waals surface area contributed by atoms with Crippen LogP contribution in [0.1, 0.15) is 0 Å². The fourth-order valence-corrected chi connectivity index (χ4v) is 2.34. The predicted molar refractivity (Wildman–Crippen MR) is 88.9 cm³/mol. The number of hydrogen-bond acceptors (Lipinski definition) is 7. The third-order valence-corrected chi connectivity index (χ3v) is 3.58. The highest BCUT2D eigenvalue weighted by Crippen LogP contribution is 2.19. The van der Waals surface area contributed by atoms with Crippen LogP contribution in [0.25, 0.3) is 0 Å². The van der Waals surface area contributed by atoms with E-state index in [1.807, 2.05) is 24.3 Å². The average molecular weight is 315 g/mol. The molecule has 1 fully saturated rings. The van der Waals surface area contributed by atoms with Crippen LogP contribution in [0.5, 0.6) is 5.75 Å². The maximum absolute atomic E-state index is 5.78. The number of nitrogens with two attached hydrogens (primary N) is 1. The van der Waals surface area contributed by atoms with Crippen molar-refractivity contribution in [3.05, 3.63) is 36.5 Å². The lowest BCUT2D eigenvalue weighted by Gasteiger charge is -2.26. The topological polar surface area (TPSA) is 85.5 Å². The van der Waals surface area contributed by atoms with Gasteiger partial charge in [-0.25, -0.2) is 4.98 Å². The Hall–Kier alpha value is -2.38. The summed E-state index contributed by atoms with van der Waals surface area (Å²) in [5, 5.41) is 3.17. The molecule has 0 saturated carbocycles. The highest BCUT2D eigenvalue weighted by Gasteiger charge is 2.09. The molecule has 0 unspecified atom stereocenters. The van der Waals surface area contributed by atoms with E-state index in [1.165, 1.54) is 0 Å². The number of rotatable bonds is 6. The van der Waals surface area contributed by atoms with Crippen molar-refractivity contribution in [3.8, 4) is 5.75 Å². The van der Waals surface area contributed by atoms with Crippen LogP contribution < -0.4 is 15.8 Å². The third kappa shape index (κ3) is 4.80. The number of aromatic nitrogens is 2. The SMILES string of the molecule is Nc1nccc(Nc2ccc(OCCN3CCOCC3)cc2)n1. The summed E-state index contributed by atoms with van der Waals surface area (Å²) in [5.74, 6) is 1.77. The molecule has 7 heteroatoms. The number of nitrogens with one attached hydrogen (secondary N) is 1. The fraction of sp³-hybridized carbons (Fsp3) is 0.375. The molecule has 1 aliphatic rings. The van der Waals surface area contributed by atoms with Crippen LogP contribution >= 0.6 is 0 Å². The lowest BCUT2D eigenvalue weighted by Crippen LogP contribution is -2.38. The molecule has 0 atom stereocenters. The van der Waals surface area contributed by atoms with Crippen molar-refractivity contribution in [3.63, 3.8) is 0 Å². The van der Waals surface area contributed by atoms with Gasteiger partial charge < -0.3 is 20.5 Å². The molecule has 0 aliphatic carbocycles. The van der Waals surface area contributed by atoms with E-state index < -0.39 is 0 Å². The lowest BCUT2D eigenvalue weighted by molar-refractivity contribution is 0.0322. The zero-order valence-electron chi connectivity index (χ0n) is 12.9. The Balaban J connectivity index is 1.47. The Morgan fingerprint density at radius 2 is 1.96 bits per heavy atom. The van der Waals surface area contributed by atoms with E-state index in [1.54, 1.807) is 12.3 Å². The van der Waals surface area contributed by atoms with Crippen LogP contribution in [-0.4, -0.2) is 54.3 Å². The van der Waals surface area contributed by atoms with E-state index in [9.17, 15) is 0 Å².